The van der Waals surface area contributed by atoms with Crippen molar-refractivity contribution in [1.29, 1.82) is 0 Å². The quantitative estimate of drug-likeness (QED) is 0.0710. The van der Waals surface area contributed by atoms with Crippen LogP contribution >= 0.6 is 0 Å². The predicted octanol–water partition coefficient (Wildman–Crippen LogP) is 5.43. The van der Waals surface area contributed by atoms with Crippen molar-refractivity contribution >= 4 is 11.9 Å². The molecule has 0 amide bonds. The van der Waals surface area contributed by atoms with Gasteiger partial charge in [-0.2, -0.15) is 0 Å². The molecule has 198 valence electrons. The molecule has 3 aromatic carbocycles. The van der Waals surface area contributed by atoms with Crippen molar-refractivity contribution < 1.29 is 38.4 Å². The molecule has 1 N–H and O–H groups in total. The smallest absolute Gasteiger partial charge is 0.343 e. The minimum Gasteiger partial charge on any atom is -0.494 e. The fraction of sp³-hybridized carbons (Fsp3) is 0.200. The van der Waals surface area contributed by atoms with Crippen LogP contribution in [0.2, 0.25) is 0 Å². The number of hydrogen-bond donors (Lipinski definition) is 1. The van der Waals surface area contributed by atoms with Gasteiger partial charge in [-0.3, -0.25) is 0 Å². The molecular weight excluding hydrogens is 488 g/mol. The molecule has 0 saturated carbocycles. The highest BCUT2D eigenvalue weighted by molar-refractivity contribution is 5.91. The first kappa shape index (κ1) is 28.0. The second-order valence-electron chi connectivity index (χ2n) is 7.95. The summed E-state index contributed by atoms with van der Waals surface area (Å²) in [6, 6.07) is 19.8. The fourth-order valence-corrected chi connectivity index (χ4v) is 3.15. The Hall–Kier alpha value is -4.56. The van der Waals surface area contributed by atoms with E-state index in [2.05, 4.69) is 13.2 Å². The molecule has 0 saturated heterocycles. The van der Waals surface area contributed by atoms with E-state index in [4.69, 9.17) is 23.7 Å². The van der Waals surface area contributed by atoms with Gasteiger partial charge in [-0.1, -0.05) is 19.2 Å². The van der Waals surface area contributed by atoms with Crippen LogP contribution in [0, 0.1) is 0 Å². The second kappa shape index (κ2) is 14.9. The minimum absolute atomic E-state index is 0.313. The number of ether oxygens (including phenoxy) is 5. The van der Waals surface area contributed by atoms with E-state index in [1.807, 2.05) is 0 Å². The third-order valence-electron chi connectivity index (χ3n) is 5.12. The van der Waals surface area contributed by atoms with Crippen LogP contribution in [-0.4, -0.2) is 36.9 Å². The van der Waals surface area contributed by atoms with Gasteiger partial charge >= 0.3 is 11.9 Å². The van der Waals surface area contributed by atoms with E-state index in [9.17, 15) is 14.7 Å². The highest BCUT2D eigenvalue weighted by atomic mass is 16.6. The highest BCUT2D eigenvalue weighted by Gasteiger charge is 2.12. The standard InChI is InChI=1S/C30H30O8/c1-3-19-34-24-11-7-22(8-12-24)29(32)37-26-15-17-27(18-16-26)38-30(33)23-9-13-25(14-10-23)35-20-5-6-21-36-28(31)4-2/h3-4,7-18,29,32H,1-2,5-6,19-21H2. The van der Waals surface area contributed by atoms with Crippen LogP contribution in [0.15, 0.2) is 98.1 Å². The lowest BCUT2D eigenvalue weighted by Crippen LogP contribution is -2.09. The largest absolute Gasteiger partial charge is 0.494 e. The van der Waals surface area contributed by atoms with Gasteiger partial charge in [-0.25, -0.2) is 9.59 Å². The molecule has 3 aromatic rings. The number of aliphatic hydroxyl groups excluding tert-OH is 1. The molecular formula is C30H30O8. The van der Waals surface area contributed by atoms with Crippen molar-refractivity contribution in [2.45, 2.75) is 19.1 Å². The first-order valence-electron chi connectivity index (χ1n) is 12.0. The van der Waals surface area contributed by atoms with E-state index in [0.717, 1.165) is 6.08 Å². The third-order valence-corrected chi connectivity index (χ3v) is 5.12. The number of unbranched alkanes of at least 4 members (excludes halogenated alkanes) is 1. The van der Waals surface area contributed by atoms with Gasteiger partial charge in [-0.15, -0.1) is 0 Å². The number of esters is 2. The lowest BCUT2D eigenvalue weighted by molar-refractivity contribution is -0.137. The summed E-state index contributed by atoms with van der Waals surface area (Å²) in [4.78, 5) is 23.5. The Morgan fingerprint density at radius 2 is 1.34 bits per heavy atom. The van der Waals surface area contributed by atoms with Crippen LogP contribution in [0.5, 0.6) is 23.0 Å². The Morgan fingerprint density at radius 3 is 2.00 bits per heavy atom. The average molecular weight is 519 g/mol. The van der Waals surface area contributed by atoms with Crippen LogP contribution in [0.25, 0.3) is 0 Å². The number of rotatable bonds is 15. The van der Waals surface area contributed by atoms with Gasteiger partial charge in [0.25, 0.3) is 0 Å². The maximum atomic E-state index is 12.5. The Bertz CT molecular complexity index is 1180. The lowest BCUT2D eigenvalue weighted by Gasteiger charge is -2.14. The summed E-state index contributed by atoms with van der Waals surface area (Å²) in [5, 5.41) is 10.4. The molecule has 0 radical (unpaired) electrons. The Morgan fingerprint density at radius 1 is 0.763 bits per heavy atom. The Labute approximate surface area is 221 Å². The molecule has 0 bridgehead atoms. The van der Waals surface area contributed by atoms with Crippen molar-refractivity contribution in [2.75, 3.05) is 19.8 Å². The topological polar surface area (TPSA) is 101 Å². The molecule has 0 aromatic heterocycles. The Balaban J connectivity index is 1.43. The van der Waals surface area contributed by atoms with Gasteiger partial charge in [0, 0.05) is 11.6 Å². The maximum Gasteiger partial charge on any atom is 0.343 e. The second-order valence-corrected chi connectivity index (χ2v) is 7.95. The number of carbonyl (C=O) groups is 2. The first-order chi connectivity index (χ1) is 18.5. The van der Waals surface area contributed by atoms with Crippen LogP contribution in [0.3, 0.4) is 0 Å². The molecule has 1 atom stereocenters. The summed E-state index contributed by atoms with van der Waals surface area (Å²) in [5.41, 5.74) is 0.929. The zero-order chi connectivity index (χ0) is 27.2. The zero-order valence-corrected chi connectivity index (χ0v) is 20.9. The summed E-state index contributed by atoms with van der Waals surface area (Å²) in [6.07, 6.45) is 2.99. The summed E-state index contributed by atoms with van der Waals surface area (Å²) in [7, 11) is 0. The molecule has 1 unspecified atom stereocenters. The highest BCUT2D eigenvalue weighted by Crippen LogP contribution is 2.25. The van der Waals surface area contributed by atoms with E-state index in [1.165, 1.54) is 0 Å². The normalized spacial score (nSPS) is 11.1. The predicted molar refractivity (Wildman–Crippen MR) is 141 cm³/mol. The number of benzene rings is 3. The monoisotopic (exact) mass is 518 g/mol. The van der Waals surface area contributed by atoms with E-state index < -0.39 is 18.2 Å². The van der Waals surface area contributed by atoms with E-state index in [1.54, 1.807) is 78.9 Å². The van der Waals surface area contributed by atoms with Crippen LogP contribution in [-0.2, 0) is 9.53 Å². The number of aliphatic hydroxyl groups is 1. The zero-order valence-electron chi connectivity index (χ0n) is 20.9. The number of carbonyl (C=O) groups excluding carboxylic acids is 2. The minimum atomic E-state index is -1.17. The summed E-state index contributed by atoms with van der Waals surface area (Å²) in [5.74, 6) is 1.05. The average Bonchev–Trinajstić information content (AvgIpc) is 2.95. The van der Waals surface area contributed by atoms with E-state index in [-0.39, 0.29) is 0 Å². The van der Waals surface area contributed by atoms with Crippen molar-refractivity contribution in [3.8, 4) is 23.0 Å². The molecule has 3 rings (SSSR count). The van der Waals surface area contributed by atoms with Gasteiger partial charge in [0.15, 0.2) is 0 Å². The fourth-order valence-electron chi connectivity index (χ4n) is 3.15. The van der Waals surface area contributed by atoms with Crippen molar-refractivity contribution in [1.82, 2.24) is 0 Å². The molecule has 0 aliphatic carbocycles. The van der Waals surface area contributed by atoms with Crippen molar-refractivity contribution in [3.63, 3.8) is 0 Å². The molecule has 8 nitrogen and oxygen atoms in total. The van der Waals surface area contributed by atoms with Gasteiger partial charge in [0.1, 0.15) is 29.6 Å². The summed E-state index contributed by atoms with van der Waals surface area (Å²) >= 11 is 0. The van der Waals surface area contributed by atoms with E-state index >= 15 is 0 Å². The molecule has 38 heavy (non-hydrogen) atoms. The molecule has 0 heterocycles. The van der Waals surface area contributed by atoms with E-state index in [0.29, 0.717) is 66.8 Å². The van der Waals surface area contributed by atoms with Crippen LogP contribution in [0.1, 0.15) is 35.1 Å². The summed E-state index contributed by atoms with van der Waals surface area (Å²) in [6.45, 7) is 8.10. The van der Waals surface area contributed by atoms with Gasteiger partial charge in [-0.05, 0) is 85.6 Å². The molecule has 0 aliphatic heterocycles. The maximum absolute atomic E-state index is 12.5. The van der Waals surface area contributed by atoms with Gasteiger partial charge in [0.2, 0.25) is 6.29 Å². The number of hydrogen-bond acceptors (Lipinski definition) is 8. The first-order valence-corrected chi connectivity index (χ1v) is 12.0. The molecule has 0 aliphatic rings. The third kappa shape index (κ3) is 9.15. The van der Waals surface area contributed by atoms with Gasteiger partial charge < -0.3 is 28.8 Å². The Kier molecular flexibility index (Phi) is 11.0. The molecule has 0 spiro atoms. The van der Waals surface area contributed by atoms with Crippen molar-refractivity contribution in [3.05, 3.63) is 109 Å². The SMILES string of the molecule is C=CCOc1ccc(C(O)Oc2ccc(OC(=O)c3ccc(OCCCCOC(=O)C=C)cc3)cc2)cc1. The molecule has 0 fully saturated rings. The van der Waals surface area contributed by atoms with Crippen LogP contribution in [0.4, 0.5) is 0 Å². The van der Waals surface area contributed by atoms with Gasteiger partial charge in [0.05, 0.1) is 18.8 Å². The molecule has 8 heteroatoms. The lowest BCUT2D eigenvalue weighted by atomic mass is 10.2. The van der Waals surface area contributed by atoms with Crippen LogP contribution < -0.4 is 18.9 Å². The van der Waals surface area contributed by atoms with Crippen molar-refractivity contribution in [2.24, 2.45) is 0 Å². The summed E-state index contributed by atoms with van der Waals surface area (Å²) < 4.78 is 26.9.